The van der Waals surface area contributed by atoms with Gasteiger partial charge in [0.1, 0.15) is 6.26 Å². The van der Waals surface area contributed by atoms with E-state index in [1.54, 1.807) is 18.3 Å². The molecule has 1 aliphatic carbocycles. The Morgan fingerprint density at radius 1 is 1.20 bits per heavy atom. The molecule has 1 aromatic heterocycles. The maximum absolute atomic E-state index is 12.4. The number of carbonyl (C=O) groups excluding carboxylic acids is 1. The zero-order chi connectivity index (χ0) is 21.0. The van der Waals surface area contributed by atoms with E-state index in [0.717, 1.165) is 50.8 Å². The van der Waals surface area contributed by atoms with Crippen molar-refractivity contribution in [3.05, 3.63) is 77.7 Å². The van der Waals surface area contributed by atoms with E-state index in [1.807, 2.05) is 12.1 Å². The van der Waals surface area contributed by atoms with Crippen molar-refractivity contribution in [2.24, 2.45) is 0 Å². The Morgan fingerprint density at radius 3 is 2.97 bits per heavy atom. The zero-order valence-corrected chi connectivity index (χ0v) is 17.7. The standard InChI is InChI=1S/C25H31N3O2/c1-2-20-7-3-4-8-21(12-11-20)13-16-26-14-6-15-27-24(29)22-9-5-10-23(19-22)25-28-17-18-30-25/h4-5,7-10,12,17-19,26H,2-3,6,11,13-16H2,1H3,(H,27,29)/b8-4?,20-7-,21-12+. The quantitative estimate of drug-likeness (QED) is 0.429. The number of benzene rings is 1. The van der Waals surface area contributed by atoms with E-state index in [1.165, 1.54) is 17.4 Å². The van der Waals surface area contributed by atoms with E-state index in [-0.39, 0.29) is 5.91 Å². The smallest absolute Gasteiger partial charge is 0.251 e. The van der Waals surface area contributed by atoms with Gasteiger partial charge in [-0.1, -0.05) is 48.4 Å². The van der Waals surface area contributed by atoms with Crippen LogP contribution in [0.1, 0.15) is 49.4 Å². The number of hydrogen-bond acceptors (Lipinski definition) is 4. The van der Waals surface area contributed by atoms with E-state index >= 15 is 0 Å². The first kappa shape index (κ1) is 21.8. The van der Waals surface area contributed by atoms with Gasteiger partial charge in [0.25, 0.3) is 5.91 Å². The topological polar surface area (TPSA) is 67.2 Å². The van der Waals surface area contributed by atoms with Gasteiger partial charge in [0, 0.05) is 17.7 Å². The first-order valence-corrected chi connectivity index (χ1v) is 10.8. The van der Waals surface area contributed by atoms with Crippen molar-refractivity contribution in [2.45, 2.75) is 39.0 Å². The number of oxazole rings is 1. The molecule has 2 aromatic rings. The van der Waals surface area contributed by atoms with Gasteiger partial charge in [-0.3, -0.25) is 4.79 Å². The predicted molar refractivity (Wildman–Crippen MR) is 121 cm³/mol. The summed E-state index contributed by atoms with van der Waals surface area (Å²) in [5, 5.41) is 6.45. The number of nitrogens with zero attached hydrogens (tertiary/aromatic N) is 1. The van der Waals surface area contributed by atoms with Gasteiger partial charge in [-0.25, -0.2) is 4.98 Å². The number of amides is 1. The van der Waals surface area contributed by atoms with E-state index in [9.17, 15) is 4.79 Å². The molecule has 0 saturated carbocycles. The highest BCUT2D eigenvalue weighted by Crippen LogP contribution is 2.18. The molecular formula is C25H31N3O2. The van der Waals surface area contributed by atoms with Gasteiger partial charge >= 0.3 is 0 Å². The lowest BCUT2D eigenvalue weighted by Gasteiger charge is -2.09. The van der Waals surface area contributed by atoms with Crippen molar-refractivity contribution in [1.82, 2.24) is 15.6 Å². The van der Waals surface area contributed by atoms with Crippen LogP contribution in [-0.4, -0.2) is 30.5 Å². The number of rotatable bonds is 10. The van der Waals surface area contributed by atoms with E-state index < -0.39 is 0 Å². The molecule has 0 bridgehead atoms. The second-order valence-corrected chi connectivity index (χ2v) is 7.36. The fraction of sp³-hybridized carbons (Fsp3) is 0.360. The fourth-order valence-corrected chi connectivity index (χ4v) is 3.38. The number of allylic oxidation sites excluding steroid dienone is 5. The lowest BCUT2D eigenvalue weighted by molar-refractivity contribution is 0.0953. The van der Waals surface area contributed by atoms with Crippen LogP contribution in [0.4, 0.5) is 0 Å². The minimum absolute atomic E-state index is 0.0759. The Morgan fingerprint density at radius 2 is 2.13 bits per heavy atom. The number of aromatic nitrogens is 1. The molecule has 158 valence electrons. The molecule has 0 saturated heterocycles. The molecule has 0 radical (unpaired) electrons. The largest absolute Gasteiger partial charge is 0.445 e. The highest BCUT2D eigenvalue weighted by Gasteiger charge is 2.08. The lowest BCUT2D eigenvalue weighted by Crippen LogP contribution is -2.27. The van der Waals surface area contributed by atoms with Gasteiger partial charge < -0.3 is 15.1 Å². The third-order valence-electron chi connectivity index (χ3n) is 5.17. The Hall–Kier alpha value is -2.92. The van der Waals surface area contributed by atoms with Crippen molar-refractivity contribution in [2.75, 3.05) is 19.6 Å². The first-order valence-electron chi connectivity index (χ1n) is 10.8. The molecule has 3 rings (SSSR count). The van der Waals surface area contributed by atoms with Crippen LogP contribution >= 0.6 is 0 Å². The third kappa shape index (κ3) is 6.85. The lowest BCUT2D eigenvalue weighted by atomic mass is 10.0. The van der Waals surface area contributed by atoms with Crippen LogP contribution in [0.3, 0.4) is 0 Å². The zero-order valence-electron chi connectivity index (χ0n) is 17.7. The molecule has 0 atom stereocenters. The van der Waals surface area contributed by atoms with E-state index in [0.29, 0.717) is 18.0 Å². The highest BCUT2D eigenvalue weighted by atomic mass is 16.3. The summed E-state index contributed by atoms with van der Waals surface area (Å²) in [6, 6.07) is 7.32. The van der Waals surface area contributed by atoms with Gasteiger partial charge in [-0.2, -0.15) is 0 Å². The Balaban J connectivity index is 1.32. The van der Waals surface area contributed by atoms with Gasteiger partial charge in [-0.15, -0.1) is 0 Å². The van der Waals surface area contributed by atoms with Crippen LogP contribution in [0.25, 0.3) is 11.5 Å². The summed E-state index contributed by atoms with van der Waals surface area (Å²) < 4.78 is 5.30. The molecule has 0 fully saturated rings. The van der Waals surface area contributed by atoms with Crippen LogP contribution in [0, 0.1) is 0 Å². The van der Waals surface area contributed by atoms with Gasteiger partial charge in [-0.05, 0) is 63.4 Å². The molecule has 1 aromatic carbocycles. The summed E-state index contributed by atoms with van der Waals surface area (Å²) in [4.78, 5) is 16.5. The molecule has 2 N–H and O–H groups in total. The normalized spacial score (nSPS) is 17.4. The monoisotopic (exact) mass is 405 g/mol. The summed E-state index contributed by atoms with van der Waals surface area (Å²) in [6.07, 6.45) is 17.5. The van der Waals surface area contributed by atoms with E-state index in [4.69, 9.17) is 4.42 Å². The Kier molecular flexibility index (Phi) is 8.66. The van der Waals surface area contributed by atoms with Crippen LogP contribution in [-0.2, 0) is 0 Å². The summed E-state index contributed by atoms with van der Waals surface area (Å²) in [5.74, 6) is 0.443. The Bertz CT molecular complexity index is 895. The van der Waals surface area contributed by atoms with Crippen LogP contribution in [0.15, 0.2) is 76.6 Å². The molecule has 1 heterocycles. The van der Waals surface area contributed by atoms with Gasteiger partial charge in [0.2, 0.25) is 5.89 Å². The minimum atomic E-state index is -0.0759. The third-order valence-corrected chi connectivity index (χ3v) is 5.17. The maximum atomic E-state index is 12.4. The SMILES string of the molecule is CC/C1=C/CC=C/C(CCNCCCNC(=O)c2cccc(-c3ncco3)c2)=C\C1. The molecule has 0 aliphatic heterocycles. The summed E-state index contributed by atoms with van der Waals surface area (Å²) in [6.45, 7) is 4.70. The average molecular weight is 406 g/mol. The maximum Gasteiger partial charge on any atom is 0.251 e. The molecule has 0 unspecified atom stereocenters. The molecule has 0 spiro atoms. The van der Waals surface area contributed by atoms with Crippen LogP contribution in [0.5, 0.6) is 0 Å². The van der Waals surface area contributed by atoms with Crippen LogP contribution < -0.4 is 10.6 Å². The average Bonchev–Trinajstić information content (AvgIpc) is 3.29. The summed E-state index contributed by atoms with van der Waals surface area (Å²) >= 11 is 0. The number of hydrogen-bond donors (Lipinski definition) is 2. The predicted octanol–water partition coefficient (Wildman–Crippen LogP) is 5.05. The minimum Gasteiger partial charge on any atom is -0.445 e. The molecule has 5 nitrogen and oxygen atoms in total. The summed E-state index contributed by atoms with van der Waals surface area (Å²) in [5.41, 5.74) is 4.34. The van der Waals surface area contributed by atoms with Crippen molar-refractivity contribution in [3.63, 3.8) is 0 Å². The van der Waals surface area contributed by atoms with Crippen LogP contribution in [0.2, 0.25) is 0 Å². The van der Waals surface area contributed by atoms with Crippen molar-refractivity contribution in [3.8, 4) is 11.5 Å². The van der Waals surface area contributed by atoms with Crippen molar-refractivity contribution in [1.29, 1.82) is 0 Å². The molecule has 1 aliphatic rings. The van der Waals surface area contributed by atoms with Gasteiger partial charge in [0.15, 0.2) is 0 Å². The molecule has 5 heteroatoms. The summed E-state index contributed by atoms with van der Waals surface area (Å²) in [7, 11) is 0. The number of carbonyl (C=O) groups is 1. The molecule has 1 amide bonds. The van der Waals surface area contributed by atoms with E-state index in [2.05, 4.69) is 46.8 Å². The second kappa shape index (κ2) is 11.9. The number of nitrogens with one attached hydrogen (secondary N) is 2. The highest BCUT2D eigenvalue weighted by molar-refractivity contribution is 5.95. The molecule has 30 heavy (non-hydrogen) atoms. The second-order valence-electron chi connectivity index (χ2n) is 7.36. The van der Waals surface area contributed by atoms with Crippen molar-refractivity contribution >= 4 is 5.91 Å². The fourth-order valence-electron chi connectivity index (χ4n) is 3.38. The molecular weight excluding hydrogens is 374 g/mol. The van der Waals surface area contributed by atoms with Crippen molar-refractivity contribution < 1.29 is 9.21 Å². The van der Waals surface area contributed by atoms with Gasteiger partial charge in [0.05, 0.1) is 6.20 Å². The Labute approximate surface area is 179 Å². The first-order chi connectivity index (χ1) is 14.8.